The van der Waals surface area contributed by atoms with Crippen molar-refractivity contribution in [2.24, 2.45) is 0 Å². The third-order valence-electron chi connectivity index (χ3n) is 3.35. The van der Waals surface area contributed by atoms with E-state index in [1.807, 2.05) is 13.8 Å². The van der Waals surface area contributed by atoms with Crippen LogP contribution in [0.25, 0.3) is 0 Å². The highest BCUT2D eigenvalue weighted by atomic mass is 35.5. The predicted molar refractivity (Wildman–Crippen MR) is 102 cm³/mol. The molecule has 2 aromatic rings. The van der Waals surface area contributed by atoms with Crippen LogP contribution in [0.1, 0.15) is 31.1 Å². The zero-order chi connectivity index (χ0) is 19.1. The molecule has 2 aromatic carbocycles. The van der Waals surface area contributed by atoms with Gasteiger partial charge in [-0.25, -0.2) is 0 Å². The fourth-order valence-electron chi connectivity index (χ4n) is 2.31. The van der Waals surface area contributed by atoms with Crippen molar-refractivity contribution in [1.29, 1.82) is 0 Å². The molecular formula is C19H21ClN2O4. The summed E-state index contributed by atoms with van der Waals surface area (Å²) in [4.78, 5) is 24.0. The summed E-state index contributed by atoms with van der Waals surface area (Å²) in [6.45, 7) is 6.06. The van der Waals surface area contributed by atoms with Gasteiger partial charge < -0.3 is 20.1 Å². The number of anilines is 2. The number of benzene rings is 2. The molecule has 2 rings (SSSR count). The second-order valence-electron chi connectivity index (χ2n) is 5.35. The van der Waals surface area contributed by atoms with Crippen LogP contribution in [-0.4, -0.2) is 25.0 Å². The Morgan fingerprint density at radius 2 is 1.62 bits per heavy atom. The largest absolute Gasteiger partial charge is 0.490 e. The van der Waals surface area contributed by atoms with Crippen LogP contribution in [0.4, 0.5) is 11.4 Å². The Kier molecular flexibility index (Phi) is 6.86. The molecule has 0 aromatic heterocycles. The van der Waals surface area contributed by atoms with Crippen LogP contribution in [0.2, 0.25) is 5.02 Å². The summed E-state index contributed by atoms with van der Waals surface area (Å²) in [6.07, 6.45) is 0. The topological polar surface area (TPSA) is 76.7 Å². The van der Waals surface area contributed by atoms with Crippen LogP contribution in [0.15, 0.2) is 36.4 Å². The smallest absolute Gasteiger partial charge is 0.255 e. The second kappa shape index (κ2) is 9.10. The summed E-state index contributed by atoms with van der Waals surface area (Å²) in [7, 11) is 0. The van der Waals surface area contributed by atoms with E-state index in [-0.39, 0.29) is 11.8 Å². The second-order valence-corrected chi connectivity index (χ2v) is 5.79. The third-order valence-corrected chi connectivity index (χ3v) is 3.58. The number of nitrogens with one attached hydrogen (secondary N) is 2. The number of rotatable bonds is 7. The normalized spacial score (nSPS) is 10.2. The summed E-state index contributed by atoms with van der Waals surface area (Å²) in [5.74, 6) is 0.466. The molecule has 0 aliphatic rings. The molecule has 0 saturated heterocycles. The van der Waals surface area contributed by atoms with Gasteiger partial charge in [-0.2, -0.15) is 0 Å². The van der Waals surface area contributed by atoms with E-state index in [1.54, 1.807) is 36.4 Å². The van der Waals surface area contributed by atoms with Crippen LogP contribution in [0.3, 0.4) is 0 Å². The van der Waals surface area contributed by atoms with Crippen LogP contribution >= 0.6 is 11.6 Å². The van der Waals surface area contributed by atoms with Gasteiger partial charge in [-0.15, -0.1) is 0 Å². The molecule has 0 saturated carbocycles. The Morgan fingerprint density at radius 1 is 0.923 bits per heavy atom. The highest BCUT2D eigenvalue weighted by Gasteiger charge is 2.14. The fourth-order valence-corrected chi connectivity index (χ4v) is 2.48. The standard InChI is InChI=1S/C19H21ClN2O4/c1-4-25-17-9-6-13(10-18(17)26-5-2)19(24)22-16-11-14(20)7-8-15(16)21-12(3)23/h6-11H,4-5H2,1-3H3,(H,21,23)(H,22,24). The quantitative estimate of drug-likeness (QED) is 0.753. The number of carbonyl (C=O) groups excluding carboxylic acids is 2. The van der Waals surface area contributed by atoms with Gasteiger partial charge in [-0.05, 0) is 50.2 Å². The SMILES string of the molecule is CCOc1ccc(C(=O)Nc2cc(Cl)ccc2NC(C)=O)cc1OCC. The van der Waals surface area contributed by atoms with Crippen molar-refractivity contribution in [3.8, 4) is 11.5 Å². The lowest BCUT2D eigenvalue weighted by atomic mass is 10.1. The van der Waals surface area contributed by atoms with E-state index in [0.29, 0.717) is 46.7 Å². The molecule has 0 fully saturated rings. The predicted octanol–water partition coefficient (Wildman–Crippen LogP) is 4.35. The first kappa shape index (κ1) is 19.6. The molecule has 2 amide bonds. The van der Waals surface area contributed by atoms with Gasteiger partial charge in [0.25, 0.3) is 5.91 Å². The van der Waals surface area contributed by atoms with Gasteiger partial charge in [0.2, 0.25) is 5.91 Å². The minimum Gasteiger partial charge on any atom is -0.490 e. The summed E-state index contributed by atoms with van der Waals surface area (Å²) >= 11 is 6.00. The third kappa shape index (κ3) is 5.13. The number of hydrogen-bond donors (Lipinski definition) is 2. The zero-order valence-corrected chi connectivity index (χ0v) is 15.6. The van der Waals surface area contributed by atoms with Gasteiger partial charge in [0.15, 0.2) is 11.5 Å². The lowest BCUT2D eigenvalue weighted by molar-refractivity contribution is -0.114. The number of ether oxygens (including phenoxy) is 2. The molecule has 0 bridgehead atoms. The molecule has 7 heteroatoms. The van der Waals surface area contributed by atoms with Crippen molar-refractivity contribution in [3.05, 3.63) is 47.0 Å². The van der Waals surface area contributed by atoms with Gasteiger partial charge in [-0.3, -0.25) is 9.59 Å². The molecule has 26 heavy (non-hydrogen) atoms. The van der Waals surface area contributed by atoms with Crippen molar-refractivity contribution in [2.75, 3.05) is 23.8 Å². The van der Waals surface area contributed by atoms with E-state index >= 15 is 0 Å². The monoisotopic (exact) mass is 376 g/mol. The van der Waals surface area contributed by atoms with E-state index in [4.69, 9.17) is 21.1 Å². The van der Waals surface area contributed by atoms with Crippen molar-refractivity contribution in [3.63, 3.8) is 0 Å². The molecule has 2 N–H and O–H groups in total. The minimum atomic E-state index is -0.358. The molecule has 0 radical (unpaired) electrons. The Labute approximate surface area is 157 Å². The minimum absolute atomic E-state index is 0.248. The average Bonchev–Trinajstić information content (AvgIpc) is 2.59. The van der Waals surface area contributed by atoms with E-state index < -0.39 is 0 Å². The molecule has 138 valence electrons. The molecule has 0 unspecified atom stereocenters. The highest BCUT2D eigenvalue weighted by molar-refractivity contribution is 6.31. The van der Waals surface area contributed by atoms with Crippen molar-refractivity contribution < 1.29 is 19.1 Å². The first-order valence-corrected chi connectivity index (χ1v) is 8.60. The van der Waals surface area contributed by atoms with Gasteiger partial charge in [-0.1, -0.05) is 11.6 Å². The molecule has 0 heterocycles. The van der Waals surface area contributed by atoms with Gasteiger partial charge >= 0.3 is 0 Å². The van der Waals surface area contributed by atoms with Crippen LogP contribution < -0.4 is 20.1 Å². The van der Waals surface area contributed by atoms with Crippen molar-refractivity contribution in [1.82, 2.24) is 0 Å². The first-order chi connectivity index (χ1) is 12.4. The lowest BCUT2D eigenvalue weighted by Crippen LogP contribution is -2.15. The molecule has 6 nitrogen and oxygen atoms in total. The summed E-state index contributed by atoms with van der Waals surface area (Å²) in [5, 5.41) is 5.86. The van der Waals surface area contributed by atoms with Crippen molar-refractivity contribution >= 4 is 34.8 Å². The van der Waals surface area contributed by atoms with Gasteiger partial charge in [0.05, 0.1) is 24.6 Å². The summed E-state index contributed by atoms with van der Waals surface area (Å²) in [5.41, 5.74) is 1.27. The van der Waals surface area contributed by atoms with Crippen molar-refractivity contribution in [2.45, 2.75) is 20.8 Å². The van der Waals surface area contributed by atoms with E-state index in [0.717, 1.165) is 0 Å². The maximum absolute atomic E-state index is 12.6. The Balaban J connectivity index is 2.28. The highest BCUT2D eigenvalue weighted by Crippen LogP contribution is 2.30. The van der Waals surface area contributed by atoms with Gasteiger partial charge in [0.1, 0.15) is 0 Å². The molecule has 0 aliphatic heterocycles. The van der Waals surface area contributed by atoms with Crippen LogP contribution in [0, 0.1) is 0 Å². The molecule has 0 atom stereocenters. The average molecular weight is 377 g/mol. The number of amides is 2. The number of halogens is 1. The van der Waals surface area contributed by atoms with Crippen LogP contribution in [-0.2, 0) is 4.79 Å². The van der Waals surface area contributed by atoms with E-state index in [2.05, 4.69) is 10.6 Å². The van der Waals surface area contributed by atoms with Gasteiger partial charge in [0, 0.05) is 17.5 Å². The number of hydrogen-bond acceptors (Lipinski definition) is 4. The number of carbonyl (C=O) groups is 2. The van der Waals surface area contributed by atoms with E-state index in [1.165, 1.54) is 6.92 Å². The van der Waals surface area contributed by atoms with E-state index in [9.17, 15) is 9.59 Å². The summed E-state index contributed by atoms with van der Waals surface area (Å²) in [6, 6.07) is 9.78. The summed E-state index contributed by atoms with van der Waals surface area (Å²) < 4.78 is 11.0. The lowest BCUT2D eigenvalue weighted by Gasteiger charge is -2.14. The zero-order valence-electron chi connectivity index (χ0n) is 14.9. The Bertz CT molecular complexity index is 808. The molecule has 0 aliphatic carbocycles. The Morgan fingerprint density at radius 3 is 2.27 bits per heavy atom. The van der Waals surface area contributed by atoms with Crippen LogP contribution in [0.5, 0.6) is 11.5 Å². The molecule has 0 spiro atoms. The maximum atomic E-state index is 12.6. The maximum Gasteiger partial charge on any atom is 0.255 e. The Hall–Kier alpha value is -2.73. The fraction of sp³-hybridized carbons (Fsp3) is 0.263. The molecular weight excluding hydrogens is 356 g/mol. The first-order valence-electron chi connectivity index (χ1n) is 8.22.